The highest BCUT2D eigenvalue weighted by Crippen LogP contribution is 2.23. The van der Waals surface area contributed by atoms with E-state index >= 15 is 0 Å². The van der Waals surface area contributed by atoms with Gasteiger partial charge in [-0.3, -0.25) is 0 Å². The first-order valence-corrected chi connectivity index (χ1v) is 5.67. The van der Waals surface area contributed by atoms with E-state index in [9.17, 15) is 0 Å². The van der Waals surface area contributed by atoms with Crippen molar-refractivity contribution < 1.29 is 4.74 Å². The molecule has 0 saturated heterocycles. The van der Waals surface area contributed by atoms with Crippen LogP contribution in [0.3, 0.4) is 0 Å². The molecule has 0 aromatic heterocycles. The van der Waals surface area contributed by atoms with Gasteiger partial charge in [-0.2, -0.15) is 0 Å². The van der Waals surface area contributed by atoms with Gasteiger partial charge in [-0.15, -0.1) is 12.4 Å². The average molecular weight is 244 g/mol. The molecule has 1 unspecified atom stereocenters. The number of rotatable bonds is 5. The first-order chi connectivity index (χ1) is 7.19. The van der Waals surface area contributed by atoms with Crippen molar-refractivity contribution in [1.82, 2.24) is 0 Å². The minimum Gasteiger partial charge on any atom is -0.494 e. The van der Waals surface area contributed by atoms with Gasteiger partial charge in [0.2, 0.25) is 0 Å². The standard InChI is InChI=1S/C13H21NO.ClH/c1-4-10(3)13(14)11-6-8-12(9-7-11)15-5-2;/h6-10,13H,4-5,14H2,1-3H3;1H/t10?,13-;/m0./s1. The minimum atomic E-state index is 0. The van der Waals surface area contributed by atoms with Gasteiger partial charge in [0.15, 0.2) is 0 Å². The third-order valence-corrected chi connectivity index (χ3v) is 2.83. The molecule has 0 bridgehead atoms. The molecule has 0 heterocycles. The third-order valence-electron chi connectivity index (χ3n) is 2.83. The third kappa shape index (κ3) is 4.03. The molecule has 1 aromatic carbocycles. The first-order valence-electron chi connectivity index (χ1n) is 5.67. The van der Waals surface area contributed by atoms with Crippen LogP contribution in [-0.2, 0) is 0 Å². The van der Waals surface area contributed by atoms with Crippen LogP contribution in [0.5, 0.6) is 5.75 Å². The zero-order valence-electron chi connectivity index (χ0n) is 10.3. The van der Waals surface area contributed by atoms with Gasteiger partial charge >= 0.3 is 0 Å². The van der Waals surface area contributed by atoms with Crippen LogP contribution in [0, 0.1) is 5.92 Å². The first kappa shape index (κ1) is 15.3. The van der Waals surface area contributed by atoms with E-state index in [1.807, 2.05) is 19.1 Å². The molecule has 0 amide bonds. The number of nitrogens with two attached hydrogens (primary N) is 1. The lowest BCUT2D eigenvalue weighted by Gasteiger charge is -2.18. The van der Waals surface area contributed by atoms with Crippen molar-refractivity contribution in [3.63, 3.8) is 0 Å². The quantitative estimate of drug-likeness (QED) is 0.859. The van der Waals surface area contributed by atoms with Crippen molar-refractivity contribution in [3.8, 4) is 5.75 Å². The molecule has 1 rings (SSSR count). The highest BCUT2D eigenvalue weighted by Gasteiger charge is 2.12. The molecule has 0 aliphatic heterocycles. The Kier molecular flexibility index (Phi) is 7.18. The Morgan fingerprint density at radius 3 is 2.19 bits per heavy atom. The summed E-state index contributed by atoms with van der Waals surface area (Å²) >= 11 is 0. The monoisotopic (exact) mass is 243 g/mol. The van der Waals surface area contributed by atoms with E-state index in [-0.39, 0.29) is 18.4 Å². The molecule has 92 valence electrons. The molecule has 0 aliphatic rings. The summed E-state index contributed by atoms with van der Waals surface area (Å²) in [7, 11) is 0. The fourth-order valence-electron chi connectivity index (χ4n) is 1.54. The van der Waals surface area contributed by atoms with Crippen molar-refractivity contribution in [1.29, 1.82) is 0 Å². The maximum Gasteiger partial charge on any atom is 0.119 e. The summed E-state index contributed by atoms with van der Waals surface area (Å²) in [6, 6.07) is 8.22. The second kappa shape index (κ2) is 7.53. The lowest BCUT2D eigenvalue weighted by molar-refractivity contribution is 0.340. The summed E-state index contributed by atoms with van der Waals surface area (Å²) < 4.78 is 5.39. The Balaban J connectivity index is 0.00000225. The number of benzene rings is 1. The Morgan fingerprint density at radius 2 is 1.75 bits per heavy atom. The Labute approximate surface area is 105 Å². The second-order valence-electron chi connectivity index (χ2n) is 3.91. The van der Waals surface area contributed by atoms with Gasteiger partial charge in [0.1, 0.15) is 5.75 Å². The molecule has 0 fully saturated rings. The van der Waals surface area contributed by atoms with Gasteiger partial charge in [0, 0.05) is 6.04 Å². The summed E-state index contributed by atoms with van der Waals surface area (Å²) in [4.78, 5) is 0. The fourth-order valence-corrected chi connectivity index (χ4v) is 1.54. The SMILES string of the molecule is CCOc1ccc([C@@H](N)C(C)CC)cc1.Cl. The second-order valence-corrected chi connectivity index (χ2v) is 3.91. The summed E-state index contributed by atoms with van der Waals surface area (Å²) in [5.74, 6) is 1.43. The van der Waals surface area contributed by atoms with Gasteiger partial charge in [-0.25, -0.2) is 0 Å². The Morgan fingerprint density at radius 1 is 1.19 bits per heavy atom. The van der Waals surface area contributed by atoms with Gasteiger partial charge in [-0.05, 0) is 30.5 Å². The summed E-state index contributed by atoms with van der Waals surface area (Å²) in [6.07, 6.45) is 1.11. The van der Waals surface area contributed by atoms with E-state index in [1.165, 1.54) is 5.56 Å². The summed E-state index contributed by atoms with van der Waals surface area (Å²) in [5, 5.41) is 0. The van der Waals surface area contributed by atoms with Gasteiger partial charge < -0.3 is 10.5 Å². The van der Waals surface area contributed by atoms with Gasteiger partial charge in [0.05, 0.1) is 6.61 Å². The van der Waals surface area contributed by atoms with Gasteiger partial charge in [0.25, 0.3) is 0 Å². The van der Waals surface area contributed by atoms with Crippen molar-refractivity contribution in [2.75, 3.05) is 6.61 Å². The number of ether oxygens (including phenoxy) is 1. The fraction of sp³-hybridized carbons (Fsp3) is 0.538. The summed E-state index contributed by atoms with van der Waals surface area (Å²) in [6.45, 7) is 7.04. The van der Waals surface area contributed by atoms with Crippen molar-refractivity contribution in [3.05, 3.63) is 29.8 Å². The van der Waals surface area contributed by atoms with Crippen LogP contribution >= 0.6 is 12.4 Å². The van der Waals surface area contributed by atoms with Crippen LogP contribution in [0.4, 0.5) is 0 Å². The zero-order chi connectivity index (χ0) is 11.3. The van der Waals surface area contributed by atoms with Crippen LogP contribution in [0.15, 0.2) is 24.3 Å². The molecule has 3 heteroatoms. The Hall–Kier alpha value is -0.730. The van der Waals surface area contributed by atoms with E-state index in [0.717, 1.165) is 12.2 Å². The molecular formula is C13H22ClNO. The summed E-state index contributed by atoms with van der Waals surface area (Å²) in [5.41, 5.74) is 7.32. The van der Waals surface area contributed by atoms with Crippen LogP contribution < -0.4 is 10.5 Å². The van der Waals surface area contributed by atoms with Crippen molar-refractivity contribution >= 4 is 12.4 Å². The van der Waals surface area contributed by atoms with E-state index in [0.29, 0.717) is 12.5 Å². The normalized spacial score (nSPS) is 13.8. The molecule has 2 N–H and O–H groups in total. The molecule has 0 spiro atoms. The van der Waals surface area contributed by atoms with Crippen LogP contribution in [0.25, 0.3) is 0 Å². The van der Waals surface area contributed by atoms with E-state index in [2.05, 4.69) is 26.0 Å². The minimum absolute atomic E-state index is 0. The highest BCUT2D eigenvalue weighted by atomic mass is 35.5. The van der Waals surface area contributed by atoms with Gasteiger partial charge in [-0.1, -0.05) is 32.4 Å². The van der Waals surface area contributed by atoms with Crippen LogP contribution in [-0.4, -0.2) is 6.61 Å². The molecule has 0 saturated carbocycles. The maximum absolute atomic E-state index is 6.13. The average Bonchev–Trinajstić information content (AvgIpc) is 2.28. The topological polar surface area (TPSA) is 35.2 Å². The van der Waals surface area contributed by atoms with Crippen molar-refractivity contribution in [2.24, 2.45) is 11.7 Å². The highest BCUT2D eigenvalue weighted by molar-refractivity contribution is 5.85. The largest absolute Gasteiger partial charge is 0.494 e. The molecule has 16 heavy (non-hydrogen) atoms. The van der Waals surface area contributed by atoms with E-state index in [4.69, 9.17) is 10.5 Å². The number of hydrogen-bond donors (Lipinski definition) is 1. The number of halogens is 1. The Bertz CT molecular complexity index is 286. The smallest absolute Gasteiger partial charge is 0.119 e. The van der Waals surface area contributed by atoms with Crippen LogP contribution in [0.2, 0.25) is 0 Å². The number of hydrogen-bond acceptors (Lipinski definition) is 2. The predicted molar refractivity (Wildman–Crippen MR) is 71.2 cm³/mol. The zero-order valence-corrected chi connectivity index (χ0v) is 11.1. The van der Waals surface area contributed by atoms with E-state index < -0.39 is 0 Å². The molecular weight excluding hydrogens is 222 g/mol. The molecule has 0 radical (unpaired) electrons. The van der Waals surface area contributed by atoms with Crippen molar-refractivity contribution in [2.45, 2.75) is 33.2 Å². The molecule has 2 nitrogen and oxygen atoms in total. The molecule has 0 aliphatic carbocycles. The maximum atomic E-state index is 6.13. The molecule has 1 aromatic rings. The van der Waals surface area contributed by atoms with E-state index in [1.54, 1.807) is 0 Å². The molecule has 2 atom stereocenters. The van der Waals surface area contributed by atoms with Crippen LogP contribution in [0.1, 0.15) is 38.8 Å². The predicted octanol–water partition coefficient (Wildman–Crippen LogP) is 3.55. The lowest BCUT2D eigenvalue weighted by Crippen LogP contribution is -2.18. The lowest BCUT2D eigenvalue weighted by atomic mass is 9.93.